The average Bonchev–Trinajstić information content (AvgIpc) is 3.65. The average molecular weight is 506 g/mol. The zero-order valence-corrected chi connectivity index (χ0v) is 20.4. The van der Waals surface area contributed by atoms with Crippen LogP contribution >= 0.6 is 0 Å². The summed E-state index contributed by atoms with van der Waals surface area (Å²) in [5.41, 5.74) is 2.89. The number of nitrogens with zero attached hydrogens (tertiary/aromatic N) is 4. The second-order valence-electron chi connectivity index (χ2n) is 9.90. The number of halogens is 2. The number of piperazine rings is 1. The first-order valence-electron chi connectivity index (χ1n) is 12.8. The monoisotopic (exact) mass is 505 g/mol. The quantitative estimate of drug-likeness (QED) is 0.358. The van der Waals surface area contributed by atoms with E-state index in [1.807, 2.05) is 6.07 Å². The van der Waals surface area contributed by atoms with E-state index in [0.29, 0.717) is 11.5 Å². The molecule has 1 aliphatic carbocycles. The first kappa shape index (κ1) is 23.7. The van der Waals surface area contributed by atoms with Crippen LogP contribution in [0.5, 0.6) is 0 Å². The number of anilines is 1. The summed E-state index contributed by atoms with van der Waals surface area (Å²) in [6.45, 7) is 5.28. The van der Waals surface area contributed by atoms with Crippen molar-refractivity contribution in [1.29, 1.82) is 0 Å². The molecule has 2 fully saturated rings. The van der Waals surface area contributed by atoms with Gasteiger partial charge in [-0.2, -0.15) is 5.10 Å². The number of nitrogens with one attached hydrogen (secondary N) is 3. The van der Waals surface area contributed by atoms with Gasteiger partial charge >= 0.3 is 0 Å². The summed E-state index contributed by atoms with van der Waals surface area (Å²) >= 11 is 0. The maximum atomic E-state index is 14.0. The highest BCUT2D eigenvalue weighted by Gasteiger charge is 2.26. The molecule has 1 saturated heterocycles. The fraction of sp³-hybridized carbons (Fsp3) is 0.370. The van der Waals surface area contributed by atoms with E-state index >= 15 is 0 Å². The van der Waals surface area contributed by atoms with E-state index in [9.17, 15) is 13.6 Å². The van der Waals surface area contributed by atoms with Crippen molar-refractivity contribution in [3.8, 4) is 11.5 Å². The van der Waals surface area contributed by atoms with Gasteiger partial charge in [0.25, 0.3) is 5.91 Å². The number of fused-ring (bicyclic) bond motifs is 1. The number of H-pyrrole nitrogens is 2. The molecule has 192 valence electrons. The molecule has 0 spiro atoms. The summed E-state index contributed by atoms with van der Waals surface area (Å²) in [4.78, 5) is 25.6. The van der Waals surface area contributed by atoms with Crippen LogP contribution in [0.25, 0.3) is 22.6 Å². The fourth-order valence-corrected chi connectivity index (χ4v) is 5.55. The van der Waals surface area contributed by atoms with Crippen molar-refractivity contribution in [2.45, 2.75) is 38.3 Å². The second-order valence-corrected chi connectivity index (χ2v) is 9.90. The lowest BCUT2D eigenvalue weighted by molar-refractivity contribution is 0.0937. The molecule has 3 heterocycles. The van der Waals surface area contributed by atoms with Crippen molar-refractivity contribution in [3.63, 3.8) is 0 Å². The molecule has 37 heavy (non-hydrogen) atoms. The van der Waals surface area contributed by atoms with Crippen LogP contribution in [0, 0.1) is 11.6 Å². The number of aromatic amines is 2. The summed E-state index contributed by atoms with van der Waals surface area (Å²) < 4.78 is 28.1. The predicted molar refractivity (Wildman–Crippen MR) is 137 cm³/mol. The molecule has 0 unspecified atom stereocenters. The molecule has 0 atom stereocenters. The molecule has 8 nitrogen and oxygen atoms in total. The van der Waals surface area contributed by atoms with E-state index in [4.69, 9.17) is 0 Å². The molecule has 2 aromatic carbocycles. The number of hydrogen-bond donors (Lipinski definition) is 3. The molecule has 6 rings (SSSR count). The van der Waals surface area contributed by atoms with E-state index in [-0.39, 0.29) is 5.69 Å². The van der Waals surface area contributed by atoms with E-state index in [1.165, 1.54) is 43.5 Å². The zero-order chi connectivity index (χ0) is 25.4. The van der Waals surface area contributed by atoms with Gasteiger partial charge in [0, 0.05) is 38.8 Å². The number of rotatable bonds is 6. The lowest BCUT2D eigenvalue weighted by atomic mass is 10.1. The molecule has 3 N–H and O–H groups in total. The maximum Gasteiger partial charge on any atom is 0.261 e. The van der Waals surface area contributed by atoms with E-state index in [0.717, 1.165) is 61.9 Å². The van der Waals surface area contributed by atoms with Crippen LogP contribution in [0.3, 0.4) is 0 Å². The minimum absolute atomic E-state index is 0.270. The Labute approximate surface area is 213 Å². The van der Waals surface area contributed by atoms with Gasteiger partial charge in [-0.25, -0.2) is 13.8 Å². The number of imidazole rings is 1. The van der Waals surface area contributed by atoms with Crippen molar-refractivity contribution in [2.75, 3.05) is 31.5 Å². The summed E-state index contributed by atoms with van der Waals surface area (Å²) in [7, 11) is 0. The van der Waals surface area contributed by atoms with Crippen LogP contribution in [-0.2, 0) is 6.54 Å². The number of carbonyl (C=O) groups excluding carboxylic acids is 1. The Morgan fingerprint density at radius 3 is 2.57 bits per heavy atom. The summed E-state index contributed by atoms with van der Waals surface area (Å²) in [6, 6.07) is 10.2. The molecular formula is C27H29F2N7O. The lowest BCUT2D eigenvalue weighted by Crippen LogP contribution is -2.49. The van der Waals surface area contributed by atoms with Crippen LogP contribution in [-0.4, -0.2) is 68.1 Å². The van der Waals surface area contributed by atoms with E-state index in [1.54, 1.807) is 0 Å². The third-order valence-electron chi connectivity index (χ3n) is 7.51. The largest absolute Gasteiger partial charge is 0.337 e. The van der Waals surface area contributed by atoms with E-state index < -0.39 is 23.1 Å². The molecule has 2 aliphatic rings. The van der Waals surface area contributed by atoms with Gasteiger partial charge < -0.3 is 10.3 Å². The second kappa shape index (κ2) is 10.0. The molecule has 4 aromatic rings. The van der Waals surface area contributed by atoms with Gasteiger partial charge in [-0.05, 0) is 42.7 Å². The predicted octanol–water partition coefficient (Wildman–Crippen LogP) is 4.54. The van der Waals surface area contributed by atoms with Gasteiger partial charge in [-0.15, -0.1) is 0 Å². The van der Waals surface area contributed by atoms with E-state index in [2.05, 4.69) is 47.4 Å². The smallest absolute Gasteiger partial charge is 0.261 e. The molecule has 10 heteroatoms. The minimum atomic E-state index is -0.932. The highest BCUT2D eigenvalue weighted by molar-refractivity contribution is 6.06. The molecule has 0 bridgehead atoms. The Morgan fingerprint density at radius 1 is 1.05 bits per heavy atom. The lowest BCUT2D eigenvalue weighted by Gasteiger charge is -2.38. The third-order valence-corrected chi connectivity index (χ3v) is 7.51. The zero-order valence-electron chi connectivity index (χ0n) is 20.4. The Kier molecular flexibility index (Phi) is 6.43. The number of aromatic nitrogens is 4. The van der Waals surface area contributed by atoms with Crippen LogP contribution in [0.4, 0.5) is 14.5 Å². The Balaban J connectivity index is 1.15. The van der Waals surface area contributed by atoms with Crippen molar-refractivity contribution >= 4 is 22.6 Å². The number of amides is 1. The Bertz CT molecular complexity index is 1400. The third kappa shape index (κ3) is 4.86. The van der Waals surface area contributed by atoms with Gasteiger partial charge in [-0.3, -0.25) is 19.7 Å². The van der Waals surface area contributed by atoms with Crippen molar-refractivity contribution in [2.24, 2.45) is 0 Å². The molecule has 1 saturated carbocycles. The molecular weight excluding hydrogens is 476 g/mol. The SMILES string of the molecule is O=C(Nc1cn[nH]c1-c1nc2ccc(CN3CCN(C4CCCC4)CC3)cc2[nH]1)c1c(F)cccc1F. The first-order valence-corrected chi connectivity index (χ1v) is 12.8. The van der Waals surface area contributed by atoms with Crippen LogP contribution in [0.1, 0.15) is 41.6 Å². The van der Waals surface area contributed by atoms with Gasteiger partial charge in [0.15, 0.2) is 5.82 Å². The minimum Gasteiger partial charge on any atom is -0.337 e. The summed E-state index contributed by atoms with van der Waals surface area (Å²) in [5.74, 6) is -2.29. The van der Waals surface area contributed by atoms with Crippen LogP contribution in [0.2, 0.25) is 0 Å². The molecule has 1 amide bonds. The van der Waals surface area contributed by atoms with Crippen molar-refractivity contribution in [3.05, 3.63) is 65.4 Å². The highest BCUT2D eigenvalue weighted by atomic mass is 19.1. The Morgan fingerprint density at radius 2 is 1.81 bits per heavy atom. The van der Waals surface area contributed by atoms with Gasteiger partial charge in [0.2, 0.25) is 0 Å². The number of benzene rings is 2. The normalized spacial score (nSPS) is 17.6. The highest BCUT2D eigenvalue weighted by Crippen LogP contribution is 2.28. The fourth-order valence-electron chi connectivity index (χ4n) is 5.55. The Hall–Kier alpha value is -3.63. The molecule has 1 aliphatic heterocycles. The standard InChI is InChI=1S/C27H29F2N7O/c28-19-6-3-7-20(29)24(19)27(37)33-23-15-30-34-25(23)26-31-21-9-8-17(14-22(21)32-26)16-35-10-12-36(13-11-35)18-4-1-2-5-18/h3,6-9,14-15,18H,1-2,4-5,10-13,16H2,(H,30,34)(H,31,32)(H,33,37). The topological polar surface area (TPSA) is 92.9 Å². The molecule has 2 aromatic heterocycles. The summed E-state index contributed by atoms with van der Waals surface area (Å²) in [6.07, 6.45) is 6.82. The van der Waals surface area contributed by atoms with Gasteiger partial charge in [0.05, 0.1) is 22.9 Å². The van der Waals surface area contributed by atoms with Crippen LogP contribution in [0.15, 0.2) is 42.6 Å². The van der Waals surface area contributed by atoms with Crippen molar-refractivity contribution < 1.29 is 13.6 Å². The van der Waals surface area contributed by atoms with Crippen LogP contribution < -0.4 is 5.32 Å². The number of hydrogen-bond acceptors (Lipinski definition) is 5. The van der Waals surface area contributed by atoms with Gasteiger partial charge in [0.1, 0.15) is 22.9 Å². The van der Waals surface area contributed by atoms with Crippen molar-refractivity contribution in [1.82, 2.24) is 30.0 Å². The van der Waals surface area contributed by atoms with Gasteiger partial charge in [-0.1, -0.05) is 25.0 Å². The first-order chi connectivity index (χ1) is 18.0. The summed E-state index contributed by atoms with van der Waals surface area (Å²) in [5, 5.41) is 9.35. The maximum absolute atomic E-state index is 14.0. The number of carbonyl (C=O) groups is 1. The molecule has 0 radical (unpaired) electrons.